The van der Waals surface area contributed by atoms with Crippen molar-refractivity contribution in [2.24, 2.45) is 17.8 Å². The summed E-state index contributed by atoms with van der Waals surface area (Å²) < 4.78 is 0. The van der Waals surface area contributed by atoms with Gasteiger partial charge in [-0.3, -0.25) is 4.79 Å². The SMILES string of the molecule is CC[C@@H](CO)NC(=O)C1CC2CCC1C2. The van der Waals surface area contributed by atoms with Crippen molar-refractivity contribution in [3.05, 3.63) is 0 Å². The van der Waals surface area contributed by atoms with Crippen molar-refractivity contribution >= 4 is 5.91 Å². The van der Waals surface area contributed by atoms with Gasteiger partial charge in [-0.15, -0.1) is 0 Å². The van der Waals surface area contributed by atoms with Crippen LogP contribution in [0.5, 0.6) is 0 Å². The molecule has 2 N–H and O–H groups in total. The Balaban J connectivity index is 1.86. The first-order chi connectivity index (χ1) is 7.24. The molecule has 0 radical (unpaired) electrons. The van der Waals surface area contributed by atoms with Crippen molar-refractivity contribution in [1.82, 2.24) is 5.32 Å². The van der Waals surface area contributed by atoms with Crippen molar-refractivity contribution in [1.29, 1.82) is 0 Å². The molecule has 0 aromatic rings. The smallest absolute Gasteiger partial charge is 0.223 e. The third-order valence-corrected chi connectivity index (χ3v) is 4.13. The van der Waals surface area contributed by atoms with E-state index in [0.29, 0.717) is 5.92 Å². The van der Waals surface area contributed by atoms with Crippen LogP contribution in [0.3, 0.4) is 0 Å². The highest BCUT2D eigenvalue weighted by molar-refractivity contribution is 5.79. The monoisotopic (exact) mass is 211 g/mol. The maximum atomic E-state index is 11.9. The summed E-state index contributed by atoms with van der Waals surface area (Å²) in [5, 5.41) is 12.0. The van der Waals surface area contributed by atoms with E-state index in [1.807, 2.05) is 6.92 Å². The fourth-order valence-corrected chi connectivity index (χ4v) is 3.15. The zero-order valence-corrected chi connectivity index (χ0v) is 9.41. The lowest BCUT2D eigenvalue weighted by Gasteiger charge is -2.23. The molecule has 4 atom stereocenters. The Kier molecular flexibility index (Phi) is 3.29. The molecule has 3 nitrogen and oxygen atoms in total. The van der Waals surface area contributed by atoms with Gasteiger partial charge >= 0.3 is 0 Å². The van der Waals surface area contributed by atoms with E-state index < -0.39 is 0 Å². The Morgan fingerprint density at radius 1 is 1.47 bits per heavy atom. The van der Waals surface area contributed by atoms with Gasteiger partial charge in [0, 0.05) is 5.92 Å². The molecular formula is C12H21NO2. The van der Waals surface area contributed by atoms with Crippen LogP contribution in [0, 0.1) is 17.8 Å². The third kappa shape index (κ3) is 2.17. The zero-order valence-electron chi connectivity index (χ0n) is 9.41. The van der Waals surface area contributed by atoms with Crippen molar-refractivity contribution in [2.75, 3.05) is 6.61 Å². The van der Waals surface area contributed by atoms with Gasteiger partial charge in [-0.1, -0.05) is 13.3 Å². The normalized spacial score (nSPS) is 35.5. The number of rotatable bonds is 4. The molecule has 2 saturated carbocycles. The summed E-state index contributed by atoms with van der Waals surface area (Å²) in [6.07, 6.45) is 5.71. The highest BCUT2D eigenvalue weighted by Crippen LogP contribution is 2.48. The molecule has 0 aromatic carbocycles. The molecule has 0 aromatic heterocycles. The second-order valence-electron chi connectivity index (χ2n) is 5.08. The van der Waals surface area contributed by atoms with Gasteiger partial charge < -0.3 is 10.4 Å². The van der Waals surface area contributed by atoms with Gasteiger partial charge in [0.05, 0.1) is 12.6 Å². The number of carbonyl (C=O) groups is 1. The van der Waals surface area contributed by atoms with Crippen molar-refractivity contribution in [3.8, 4) is 0 Å². The van der Waals surface area contributed by atoms with Crippen LogP contribution in [0.2, 0.25) is 0 Å². The topological polar surface area (TPSA) is 49.3 Å². The van der Waals surface area contributed by atoms with E-state index in [4.69, 9.17) is 5.11 Å². The fourth-order valence-electron chi connectivity index (χ4n) is 3.15. The summed E-state index contributed by atoms with van der Waals surface area (Å²) in [5.74, 6) is 1.86. The highest BCUT2D eigenvalue weighted by atomic mass is 16.3. The number of hydrogen-bond donors (Lipinski definition) is 2. The predicted molar refractivity (Wildman–Crippen MR) is 58.2 cm³/mol. The Hall–Kier alpha value is -0.570. The highest BCUT2D eigenvalue weighted by Gasteiger charge is 2.43. The average Bonchev–Trinajstić information content (AvgIpc) is 2.87. The van der Waals surface area contributed by atoms with E-state index in [9.17, 15) is 4.79 Å². The summed E-state index contributed by atoms with van der Waals surface area (Å²) in [7, 11) is 0. The summed E-state index contributed by atoms with van der Waals surface area (Å²) in [4.78, 5) is 11.9. The van der Waals surface area contributed by atoms with Gasteiger partial charge in [-0.2, -0.15) is 0 Å². The Morgan fingerprint density at radius 2 is 2.27 bits per heavy atom. The zero-order chi connectivity index (χ0) is 10.8. The average molecular weight is 211 g/mol. The quantitative estimate of drug-likeness (QED) is 0.736. The van der Waals surface area contributed by atoms with E-state index in [0.717, 1.165) is 18.8 Å². The van der Waals surface area contributed by atoms with Gasteiger partial charge in [-0.25, -0.2) is 0 Å². The first kappa shape index (κ1) is 10.9. The predicted octanol–water partition coefficient (Wildman–Crippen LogP) is 1.31. The number of aliphatic hydroxyl groups excluding tert-OH is 1. The van der Waals surface area contributed by atoms with Crippen molar-refractivity contribution < 1.29 is 9.90 Å². The molecule has 2 aliphatic rings. The largest absolute Gasteiger partial charge is 0.394 e. The van der Waals surface area contributed by atoms with E-state index >= 15 is 0 Å². The number of fused-ring (bicyclic) bond motifs is 2. The van der Waals surface area contributed by atoms with Gasteiger partial charge in [-0.05, 0) is 37.5 Å². The van der Waals surface area contributed by atoms with Crippen molar-refractivity contribution in [2.45, 2.75) is 45.1 Å². The maximum Gasteiger partial charge on any atom is 0.223 e. The lowest BCUT2D eigenvalue weighted by Crippen LogP contribution is -2.42. The second kappa shape index (κ2) is 4.52. The summed E-state index contributed by atoms with van der Waals surface area (Å²) in [5.41, 5.74) is 0. The lowest BCUT2D eigenvalue weighted by molar-refractivity contribution is -0.127. The summed E-state index contributed by atoms with van der Waals surface area (Å²) >= 11 is 0. The van der Waals surface area contributed by atoms with Crippen LogP contribution in [-0.2, 0) is 4.79 Å². The molecule has 86 valence electrons. The summed E-state index contributed by atoms with van der Waals surface area (Å²) in [6.45, 7) is 2.05. The van der Waals surface area contributed by atoms with Crippen LogP contribution in [-0.4, -0.2) is 23.7 Å². The lowest BCUT2D eigenvalue weighted by atomic mass is 9.88. The molecule has 0 spiro atoms. The molecule has 2 fully saturated rings. The van der Waals surface area contributed by atoms with E-state index in [-0.39, 0.29) is 24.5 Å². The fraction of sp³-hybridized carbons (Fsp3) is 0.917. The molecule has 2 aliphatic carbocycles. The molecule has 1 amide bonds. The number of nitrogens with one attached hydrogen (secondary N) is 1. The molecule has 0 heterocycles. The van der Waals surface area contributed by atoms with Crippen LogP contribution in [0.4, 0.5) is 0 Å². The standard InChI is InChI=1S/C12H21NO2/c1-2-10(7-14)13-12(15)11-6-8-3-4-9(11)5-8/h8-11,14H,2-7H2,1H3,(H,13,15)/t8?,9?,10-,11?/m0/s1. The van der Waals surface area contributed by atoms with Crippen LogP contribution >= 0.6 is 0 Å². The maximum absolute atomic E-state index is 11.9. The van der Waals surface area contributed by atoms with E-state index in [2.05, 4.69) is 5.32 Å². The Bertz CT molecular complexity index is 238. The first-order valence-corrected chi connectivity index (χ1v) is 6.15. The molecule has 2 bridgehead atoms. The van der Waals surface area contributed by atoms with Gasteiger partial charge in [0.2, 0.25) is 5.91 Å². The van der Waals surface area contributed by atoms with Crippen molar-refractivity contribution in [3.63, 3.8) is 0 Å². The minimum Gasteiger partial charge on any atom is -0.394 e. The van der Waals surface area contributed by atoms with E-state index in [1.54, 1.807) is 0 Å². The number of aliphatic hydroxyl groups is 1. The van der Waals surface area contributed by atoms with Crippen LogP contribution in [0.25, 0.3) is 0 Å². The van der Waals surface area contributed by atoms with Gasteiger partial charge in [0.15, 0.2) is 0 Å². The second-order valence-corrected chi connectivity index (χ2v) is 5.08. The Morgan fingerprint density at radius 3 is 2.73 bits per heavy atom. The van der Waals surface area contributed by atoms with E-state index in [1.165, 1.54) is 19.3 Å². The number of amides is 1. The first-order valence-electron chi connectivity index (χ1n) is 6.15. The number of carbonyl (C=O) groups excluding carboxylic acids is 1. The summed E-state index contributed by atoms with van der Waals surface area (Å²) in [6, 6.07) is -0.0448. The minimum atomic E-state index is -0.0448. The van der Waals surface area contributed by atoms with Crippen LogP contribution in [0.15, 0.2) is 0 Å². The molecular weight excluding hydrogens is 190 g/mol. The molecule has 0 aliphatic heterocycles. The molecule has 15 heavy (non-hydrogen) atoms. The van der Waals surface area contributed by atoms with Crippen LogP contribution < -0.4 is 5.32 Å². The molecule has 3 heteroatoms. The molecule has 2 rings (SSSR count). The molecule has 0 saturated heterocycles. The minimum absolute atomic E-state index is 0.0448. The van der Waals surface area contributed by atoms with Gasteiger partial charge in [0.25, 0.3) is 0 Å². The number of hydrogen-bond acceptors (Lipinski definition) is 2. The third-order valence-electron chi connectivity index (χ3n) is 4.13. The molecule has 3 unspecified atom stereocenters. The Labute approximate surface area is 91.2 Å². The van der Waals surface area contributed by atoms with Crippen LogP contribution in [0.1, 0.15) is 39.0 Å². The van der Waals surface area contributed by atoms with Gasteiger partial charge in [0.1, 0.15) is 0 Å².